The molecular weight excluding hydrogens is 186 g/mol. The topological polar surface area (TPSA) is 88.0 Å². The van der Waals surface area contributed by atoms with Crippen molar-refractivity contribution < 1.29 is 9.90 Å². The highest BCUT2D eigenvalue weighted by Crippen LogP contribution is 2.08. The van der Waals surface area contributed by atoms with E-state index in [4.69, 9.17) is 5.11 Å². The first-order valence-corrected chi connectivity index (χ1v) is 3.88. The number of carboxylic acid groups (broad SMARTS) is 1. The van der Waals surface area contributed by atoms with E-state index in [9.17, 15) is 9.59 Å². The van der Waals surface area contributed by atoms with Gasteiger partial charge in [0.05, 0.1) is 6.20 Å². The number of carbonyl (C=O) groups is 1. The van der Waals surface area contributed by atoms with Crippen molar-refractivity contribution in [1.82, 2.24) is 14.8 Å². The lowest BCUT2D eigenvalue weighted by Crippen LogP contribution is -2.17. The van der Waals surface area contributed by atoms with Gasteiger partial charge >= 0.3 is 5.97 Å². The van der Waals surface area contributed by atoms with E-state index >= 15 is 0 Å². The van der Waals surface area contributed by atoms with Crippen molar-refractivity contribution in [2.45, 2.75) is 0 Å². The number of hydrogen-bond acceptors (Lipinski definition) is 3. The van der Waals surface area contributed by atoms with Gasteiger partial charge in [-0.15, -0.1) is 0 Å². The van der Waals surface area contributed by atoms with Crippen LogP contribution in [0.3, 0.4) is 0 Å². The van der Waals surface area contributed by atoms with Gasteiger partial charge in [-0.3, -0.25) is 9.48 Å². The Kier molecular flexibility index (Phi) is 1.63. The van der Waals surface area contributed by atoms with Crippen LogP contribution >= 0.6 is 0 Å². The van der Waals surface area contributed by atoms with Crippen molar-refractivity contribution in [3.63, 3.8) is 0 Å². The van der Waals surface area contributed by atoms with Crippen LogP contribution in [0.15, 0.2) is 17.1 Å². The molecule has 0 amide bonds. The predicted octanol–water partition coefficient (Wildman–Crippen LogP) is -0.0402. The quantitative estimate of drug-likeness (QED) is 0.665. The standard InChI is InChI=1S/C8H7N3O3/c1-11-6-4(3-9-11)2-5(8(13)14)7(12)10-6/h2-3H,1H3,(H,10,12)(H,13,14). The molecule has 6 heteroatoms. The molecule has 0 aromatic carbocycles. The summed E-state index contributed by atoms with van der Waals surface area (Å²) >= 11 is 0. The molecule has 0 spiro atoms. The zero-order chi connectivity index (χ0) is 10.3. The molecule has 0 saturated carbocycles. The molecule has 0 fully saturated rings. The maximum atomic E-state index is 11.2. The minimum absolute atomic E-state index is 0.273. The number of aromatic amines is 1. The second kappa shape index (κ2) is 2.69. The van der Waals surface area contributed by atoms with Crippen LogP contribution in [-0.4, -0.2) is 25.8 Å². The summed E-state index contributed by atoms with van der Waals surface area (Å²) in [6.07, 6.45) is 1.50. The van der Waals surface area contributed by atoms with Gasteiger partial charge in [-0.2, -0.15) is 5.10 Å². The first kappa shape index (κ1) is 8.49. The van der Waals surface area contributed by atoms with Gasteiger partial charge in [0, 0.05) is 12.4 Å². The Hall–Kier alpha value is -2.11. The first-order valence-electron chi connectivity index (χ1n) is 3.88. The smallest absolute Gasteiger partial charge is 0.341 e. The third kappa shape index (κ3) is 1.08. The molecule has 0 aliphatic heterocycles. The molecule has 2 N–H and O–H groups in total. The Morgan fingerprint density at radius 3 is 3.00 bits per heavy atom. The van der Waals surface area contributed by atoms with Crippen molar-refractivity contribution in [2.24, 2.45) is 7.05 Å². The van der Waals surface area contributed by atoms with Crippen molar-refractivity contribution >= 4 is 17.0 Å². The van der Waals surface area contributed by atoms with E-state index in [1.165, 1.54) is 16.9 Å². The predicted molar refractivity (Wildman–Crippen MR) is 48.3 cm³/mol. The van der Waals surface area contributed by atoms with Gasteiger partial charge in [-0.1, -0.05) is 0 Å². The second-order valence-corrected chi connectivity index (χ2v) is 2.89. The van der Waals surface area contributed by atoms with Crippen molar-refractivity contribution in [3.8, 4) is 0 Å². The summed E-state index contributed by atoms with van der Waals surface area (Å²) in [5, 5.41) is 13.2. The second-order valence-electron chi connectivity index (χ2n) is 2.89. The van der Waals surface area contributed by atoms with Gasteiger partial charge in [0.25, 0.3) is 5.56 Å². The molecule has 0 saturated heterocycles. The maximum Gasteiger partial charge on any atom is 0.341 e. The number of fused-ring (bicyclic) bond motifs is 1. The zero-order valence-electron chi connectivity index (χ0n) is 7.31. The van der Waals surface area contributed by atoms with E-state index in [-0.39, 0.29) is 5.56 Å². The average molecular weight is 193 g/mol. The van der Waals surface area contributed by atoms with Crippen LogP contribution in [0, 0.1) is 0 Å². The number of nitrogens with one attached hydrogen (secondary N) is 1. The van der Waals surface area contributed by atoms with E-state index < -0.39 is 11.5 Å². The largest absolute Gasteiger partial charge is 0.477 e. The number of pyridine rings is 1. The Balaban J connectivity index is 2.86. The zero-order valence-corrected chi connectivity index (χ0v) is 7.31. The summed E-state index contributed by atoms with van der Waals surface area (Å²) in [7, 11) is 1.67. The number of hydrogen-bond donors (Lipinski definition) is 2. The molecule has 2 aromatic rings. The molecule has 0 aliphatic rings. The minimum Gasteiger partial charge on any atom is -0.477 e. The maximum absolute atomic E-state index is 11.2. The molecule has 0 unspecified atom stereocenters. The van der Waals surface area contributed by atoms with Crippen molar-refractivity contribution in [3.05, 3.63) is 28.2 Å². The number of rotatable bonds is 1. The molecule has 72 valence electrons. The lowest BCUT2D eigenvalue weighted by Gasteiger charge is -1.95. The van der Waals surface area contributed by atoms with Gasteiger partial charge in [0.1, 0.15) is 11.2 Å². The molecule has 0 atom stereocenters. The van der Waals surface area contributed by atoms with Crippen LogP contribution < -0.4 is 5.56 Å². The monoisotopic (exact) mass is 193 g/mol. The van der Waals surface area contributed by atoms with Crippen LogP contribution in [-0.2, 0) is 7.05 Å². The van der Waals surface area contributed by atoms with E-state index in [1.807, 2.05) is 0 Å². The van der Waals surface area contributed by atoms with Crippen molar-refractivity contribution in [2.75, 3.05) is 0 Å². The lowest BCUT2D eigenvalue weighted by molar-refractivity contribution is 0.0695. The Morgan fingerprint density at radius 1 is 1.64 bits per heavy atom. The van der Waals surface area contributed by atoms with Gasteiger partial charge in [-0.25, -0.2) is 4.79 Å². The summed E-state index contributed by atoms with van der Waals surface area (Å²) in [5.74, 6) is -1.24. The molecule has 2 aromatic heterocycles. The number of aryl methyl sites for hydroxylation is 1. The highest BCUT2D eigenvalue weighted by atomic mass is 16.4. The fraction of sp³-hybridized carbons (Fsp3) is 0.125. The molecule has 0 bridgehead atoms. The normalized spacial score (nSPS) is 10.6. The molecule has 2 heterocycles. The highest BCUT2D eigenvalue weighted by molar-refractivity contribution is 5.91. The third-order valence-electron chi connectivity index (χ3n) is 1.97. The third-order valence-corrected chi connectivity index (χ3v) is 1.97. The van der Waals surface area contributed by atoms with Gasteiger partial charge < -0.3 is 10.1 Å². The van der Waals surface area contributed by atoms with Crippen LogP contribution in [0.4, 0.5) is 0 Å². The van der Waals surface area contributed by atoms with Gasteiger partial charge in [-0.05, 0) is 6.07 Å². The number of carboxylic acids is 1. The summed E-state index contributed by atoms with van der Waals surface area (Å²) in [4.78, 5) is 24.3. The SMILES string of the molecule is Cn1ncc2cc(C(=O)O)c(=O)[nH]c21. The van der Waals surface area contributed by atoms with Crippen LogP contribution in [0.25, 0.3) is 11.0 Å². The van der Waals surface area contributed by atoms with E-state index in [2.05, 4.69) is 10.1 Å². The minimum atomic E-state index is -1.24. The fourth-order valence-corrected chi connectivity index (χ4v) is 1.27. The number of H-pyrrole nitrogens is 1. The highest BCUT2D eigenvalue weighted by Gasteiger charge is 2.11. The van der Waals surface area contributed by atoms with E-state index in [1.54, 1.807) is 7.05 Å². The number of aromatic nitrogens is 3. The number of aromatic carboxylic acids is 1. The molecule has 0 radical (unpaired) electrons. The fourth-order valence-electron chi connectivity index (χ4n) is 1.27. The van der Waals surface area contributed by atoms with Crippen LogP contribution in [0.2, 0.25) is 0 Å². The van der Waals surface area contributed by atoms with E-state index in [0.29, 0.717) is 11.0 Å². The molecule has 0 aliphatic carbocycles. The average Bonchev–Trinajstić information content (AvgIpc) is 2.46. The van der Waals surface area contributed by atoms with Gasteiger partial charge in [0.15, 0.2) is 0 Å². The molecule has 14 heavy (non-hydrogen) atoms. The van der Waals surface area contributed by atoms with Crippen molar-refractivity contribution in [1.29, 1.82) is 0 Å². The van der Waals surface area contributed by atoms with Crippen LogP contribution in [0.5, 0.6) is 0 Å². The van der Waals surface area contributed by atoms with E-state index in [0.717, 1.165) is 0 Å². The summed E-state index contributed by atoms with van der Waals surface area (Å²) in [6.45, 7) is 0. The molecule has 6 nitrogen and oxygen atoms in total. The molecular formula is C8H7N3O3. The lowest BCUT2D eigenvalue weighted by atomic mass is 10.2. The first-order chi connectivity index (χ1) is 6.59. The molecule has 2 rings (SSSR count). The summed E-state index contributed by atoms with van der Waals surface area (Å²) in [6, 6.07) is 1.31. The van der Waals surface area contributed by atoms with Gasteiger partial charge in [0.2, 0.25) is 0 Å². The van der Waals surface area contributed by atoms with Crippen LogP contribution in [0.1, 0.15) is 10.4 Å². The Bertz CT molecular complexity index is 567. The summed E-state index contributed by atoms with van der Waals surface area (Å²) < 4.78 is 1.47. The Morgan fingerprint density at radius 2 is 2.36 bits per heavy atom. The Labute approximate surface area is 77.8 Å². The number of nitrogens with zero attached hydrogens (tertiary/aromatic N) is 2. The summed E-state index contributed by atoms with van der Waals surface area (Å²) in [5.41, 5.74) is -0.376.